The van der Waals surface area contributed by atoms with Gasteiger partial charge in [0, 0.05) is 15.8 Å². The number of fused-ring (bicyclic) bond motifs is 1. The molecule has 0 aliphatic carbocycles. The molecule has 1 heterocycles. The highest BCUT2D eigenvalue weighted by Crippen LogP contribution is 2.48. The van der Waals surface area contributed by atoms with E-state index >= 15 is 0 Å². The third kappa shape index (κ3) is 3.52. The van der Waals surface area contributed by atoms with Crippen LogP contribution in [0.25, 0.3) is 0 Å². The summed E-state index contributed by atoms with van der Waals surface area (Å²) in [5.74, 6) is 0.903. The Balaban J connectivity index is 1.71. The van der Waals surface area contributed by atoms with Crippen molar-refractivity contribution in [2.24, 2.45) is 0 Å². The first-order valence-corrected chi connectivity index (χ1v) is 9.42. The van der Waals surface area contributed by atoms with Gasteiger partial charge in [0.15, 0.2) is 0 Å². The van der Waals surface area contributed by atoms with Gasteiger partial charge in [-0.15, -0.1) is 11.8 Å². The molecule has 2 atom stereocenters. The topological polar surface area (TPSA) is 21.3 Å². The highest BCUT2D eigenvalue weighted by atomic mass is 32.2. The normalized spacial score (nSPS) is 19.4. The Kier molecular flexibility index (Phi) is 4.66. The predicted octanol–water partition coefficient (Wildman–Crippen LogP) is 6.09. The Morgan fingerprint density at radius 2 is 1.56 bits per heavy atom. The molecule has 3 heteroatoms. The Morgan fingerprint density at radius 1 is 0.840 bits per heavy atom. The standard InChI is InChI=1S/C22H21NOS/c1-24-18-13-11-17(12-14-18)22-15-20(16-7-3-2-4-8-16)23-19-9-5-6-10-21(19)25-22/h2-14,20,22-23H,15H2,1H3. The van der Waals surface area contributed by atoms with E-state index in [4.69, 9.17) is 4.74 Å². The molecule has 0 fully saturated rings. The third-order valence-corrected chi connectivity index (χ3v) is 5.98. The van der Waals surface area contributed by atoms with Crippen LogP contribution in [-0.2, 0) is 0 Å². The minimum atomic E-state index is 0.296. The van der Waals surface area contributed by atoms with E-state index in [2.05, 4.69) is 84.2 Å². The summed E-state index contributed by atoms with van der Waals surface area (Å²) in [7, 11) is 1.71. The van der Waals surface area contributed by atoms with Crippen molar-refractivity contribution < 1.29 is 4.74 Å². The van der Waals surface area contributed by atoms with Crippen molar-refractivity contribution in [2.75, 3.05) is 12.4 Å². The highest BCUT2D eigenvalue weighted by Gasteiger charge is 2.25. The summed E-state index contributed by atoms with van der Waals surface area (Å²) in [5.41, 5.74) is 3.89. The van der Waals surface area contributed by atoms with Crippen molar-refractivity contribution in [1.29, 1.82) is 0 Å². The van der Waals surface area contributed by atoms with E-state index in [-0.39, 0.29) is 0 Å². The molecule has 1 aliphatic heterocycles. The van der Waals surface area contributed by atoms with Crippen LogP contribution in [0.5, 0.6) is 5.75 Å². The number of para-hydroxylation sites is 1. The molecule has 1 aliphatic rings. The summed E-state index contributed by atoms with van der Waals surface area (Å²) in [6.45, 7) is 0. The average Bonchev–Trinajstić information content (AvgIpc) is 2.88. The lowest BCUT2D eigenvalue weighted by Crippen LogP contribution is -2.11. The Hall–Kier alpha value is -2.39. The molecule has 1 N–H and O–H groups in total. The van der Waals surface area contributed by atoms with Crippen LogP contribution in [0.2, 0.25) is 0 Å². The maximum Gasteiger partial charge on any atom is 0.118 e. The summed E-state index contributed by atoms with van der Waals surface area (Å²) >= 11 is 1.94. The number of methoxy groups -OCH3 is 1. The van der Waals surface area contributed by atoms with Gasteiger partial charge in [0.1, 0.15) is 5.75 Å². The molecular formula is C22H21NOS. The lowest BCUT2D eigenvalue weighted by Gasteiger charge is -2.21. The fourth-order valence-electron chi connectivity index (χ4n) is 3.28. The second kappa shape index (κ2) is 7.24. The first-order valence-electron chi connectivity index (χ1n) is 8.54. The van der Waals surface area contributed by atoms with Crippen LogP contribution in [0.3, 0.4) is 0 Å². The van der Waals surface area contributed by atoms with Crippen molar-refractivity contribution in [3.8, 4) is 5.75 Å². The van der Waals surface area contributed by atoms with Crippen molar-refractivity contribution in [3.05, 3.63) is 90.0 Å². The quantitative estimate of drug-likeness (QED) is 0.620. The lowest BCUT2D eigenvalue weighted by molar-refractivity contribution is 0.414. The molecule has 0 aromatic heterocycles. The van der Waals surface area contributed by atoms with E-state index in [1.807, 2.05) is 11.8 Å². The molecule has 0 amide bonds. The summed E-state index contributed by atoms with van der Waals surface area (Å²) in [4.78, 5) is 1.31. The molecule has 0 saturated heterocycles. The van der Waals surface area contributed by atoms with E-state index in [1.165, 1.54) is 21.7 Å². The van der Waals surface area contributed by atoms with Crippen molar-refractivity contribution in [1.82, 2.24) is 0 Å². The van der Waals surface area contributed by atoms with Gasteiger partial charge in [-0.3, -0.25) is 0 Å². The average molecular weight is 347 g/mol. The number of nitrogens with one attached hydrogen (secondary N) is 1. The van der Waals surface area contributed by atoms with Crippen molar-refractivity contribution in [2.45, 2.75) is 22.6 Å². The van der Waals surface area contributed by atoms with E-state index < -0.39 is 0 Å². The van der Waals surface area contributed by atoms with Crippen molar-refractivity contribution >= 4 is 17.4 Å². The summed E-state index contributed by atoms with van der Waals surface area (Å²) in [5, 5.41) is 4.15. The number of ether oxygens (including phenoxy) is 1. The Bertz CT molecular complexity index is 832. The summed E-state index contributed by atoms with van der Waals surface area (Å²) < 4.78 is 5.31. The van der Waals surface area contributed by atoms with Gasteiger partial charge in [-0.1, -0.05) is 54.6 Å². The van der Waals surface area contributed by atoms with Gasteiger partial charge in [0.25, 0.3) is 0 Å². The second-order valence-electron chi connectivity index (χ2n) is 6.22. The maximum absolute atomic E-state index is 5.31. The number of benzene rings is 3. The number of rotatable bonds is 3. The summed E-state index contributed by atoms with van der Waals surface area (Å²) in [6.07, 6.45) is 1.04. The Morgan fingerprint density at radius 3 is 2.32 bits per heavy atom. The zero-order valence-corrected chi connectivity index (χ0v) is 15.0. The molecule has 3 aromatic rings. The van der Waals surface area contributed by atoms with Crippen LogP contribution in [0, 0.1) is 0 Å². The zero-order chi connectivity index (χ0) is 17.1. The molecule has 0 saturated carbocycles. The van der Waals surface area contributed by atoms with E-state index in [0.717, 1.165) is 12.2 Å². The summed E-state index contributed by atoms with van der Waals surface area (Å²) in [6, 6.07) is 28.1. The van der Waals surface area contributed by atoms with Gasteiger partial charge >= 0.3 is 0 Å². The van der Waals surface area contributed by atoms with E-state index in [9.17, 15) is 0 Å². The van der Waals surface area contributed by atoms with Crippen LogP contribution in [0.15, 0.2) is 83.8 Å². The molecule has 0 radical (unpaired) electrons. The van der Waals surface area contributed by atoms with Crippen LogP contribution < -0.4 is 10.1 Å². The van der Waals surface area contributed by atoms with Gasteiger partial charge in [0.05, 0.1) is 13.2 Å². The third-order valence-electron chi connectivity index (χ3n) is 4.63. The Labute approximate surface area is 153 Å². The predicted molar refractivity (Wildman–Crippen MR) is 105 cm³/mol. The van der Waals surface area contributed by atoms with Crippen molar-refractivity contribution in [3.63, 3.8) is 0 Å². The lowest BCUT2D eigenvalue weighted by atomic mass is 9.98. The number of hydrogen-bond acceptors (Lipinski definition) is 3. The number of hydrogen-bond donors (Lipinski definition) is 1. The van der Waals surface area contributed by atoms with Crippen LogP contribution in [0.1, 0.15) is 28.8 Å². The van der Waals surface area contributed by atoms with Gasteiger partial charge in [-0.05, 0) is 41.8 Å². The monoisotopic (exact) mass is 347 g/mol. The van der Waals surface area contributed by atoms with Crippen LogP contribution in [0.4, 0.5) is 5.69 Å². The molecule has 126 valence electrons. The van der Waals surface area contributed by atoms with E-state index in [0.29, 0.717) is 11.3 Å². The SMILES string of the molecule is COc1ccc(C2CC(c3ccccc3)Nc3ccccc3S2)cc1. The minimum absolute atomic E-state index is 0.296. The van der Waals surface area contributed by atoms with Gasteiger partial charge in [0.2, 0.25) is 0 Å². The molecule has 2 unspecified atom stereocenters. The number of anilines is 1. The largest absolute Gasteiger partial charge is 0.497 e. The highest BCUT2D eigenvalue weighted by molar-refractivity contribution is 7.99. The smallest absolute Gasteiger partial charge is 0.118 e. The van der Waals surface area contributed by atoms with Crippen LogP contribution in [-0.4, -0.2) is 7.11 Å². The molecule has 4 rings (SSSR count). The van der Waals surface area contributed by atoms with Crippen LogP contribution >= 0.6 is 11.8 Å². The molecule has 3 aromatic carbocycles. The molecule has 25 heavy (non-hydrogen) atoms. The van der Waals surface area contributed by atoms with Gasteiger partial charge < -0.3 is 10.1 Å². The first kappa shape index (κ1) is 16.1. The zero-order valence-electron chi connectivity index (χ0n) is 14.2. The molecular weight excluding hydrogens is 326 g/mol. The first-order chi connectivity index (χ1) is 12.3. The van der Waals surface area contributed by atoms with Gasteiger partial charge in [-0.2, -0.15) is 0 Å². The molecule has 0 bridgehead atoms. The van der Waals surface area contributed by atoms with E-state index in [1.54, 1.807) is 7.11 Å². The fourth-order valence-corrected chi connectivity index (χ4v) is 4.58. The number of thioether (sulfide) groups is 1. The van der Waals surface area contributed by atoms with Gasteiger partial charge in [-0.25, -0.2) is 0 Å². The maximum atomic E-state index is 5.31. The molecule has 0 spiro atoms. The fraction of sp³-hybridized carbons (Fsp3) is 0.182. The molecule has 2 nitrogen and oxygen atoms in total. The minimum Gasteiger partial charge on any atom is -0.497 e. The second-order valence-corrected chi connectivity index (χ2v) is 7.46.